The van der Waals surface area contributed by atoms with Crippen LogP contribution in [0.2, 0.25) is 0 Å². The molecule has 1 rings (SSSR count). The van der Waals surface area contributed by atoms with Crippen molar-refractivity contribution in [2.24, 2.45) is 5.92 Å². The lowest BCUT2D eigenvalue weighted by atomic mass is 10.1. The van der Waals surface area contributed by atoms with Crippen LogP contribution in [0.3, 0.4) is 0 Å². The molecule has 3 nitrogen and oxygen atoms in total. The van der Waals surface area contributed by atoms with Crippen LogP contribution in [0.15, 0.2) is 12.4 Å². The van der Waals surface area contributed by atoms with Crippen molar-refractivity contribution in [1.29, 1.82) is 0 Å². The van der Waals surface area contributed by atoms with Crippen LogP contribution in [0.5, 0.6) is 0 Å². The van der Waals surface area contributed by atoms with Crippen LogP contribution >= 0.6 is 0 Å². The van der Waals surface area contributed by atoms with E-state index in [1.807, 2.05) is 6.92 Å². The number of nitrogens with zero attached hydrogens (tertiary/aromatic N) is 2. The van der Waals surface area contributed by atoms with E-state index in [9.17, 15) is 4.39 Å². The van der Waals surface area contributed by atoms with Crippen LogP contribution in [-0.4, -0.2) is 16.0 Å². The van der Waals surface area contributed by atoms with E-state index in [0.29, 0.717) is 11.9 Å². The van der Waals surface area contributed by atoms with E-state index in [1.165, 1.54) is 0 Å². The molecule has 1 heterocycles. The number of halogens is 1. The summed E-state index contributed by atoms with van der Waals surface area (Å²) < 4.78 is 12.4. The van der Waals surface area contributed by atoms with Gasteiger partial charge in [-0.25, -0.2) is 14.4 Å². The molecule has 1 aromatic rings. The van der Waals surface area contributed by atoms with Gasteiger partial charge in [-0.3, -0.25) is 0 Å². The maximum absolute atomic E-state index is 12.4. The molecule has 0 saturated carbocycles. The number of anilines is 1. The van der Waals surface area contributed by atoms with Crippen LogP contribution in [-0.2, 0) is 0 Å². The van der Waals surface area contributed by atoms with Gasteiger partial charge in [-0.15, -0.1) is 0 Å². The molecule has 0 unspecified atom stereocenters. The molecule has 1 aromatic heterocycles. The Kier molecular flexibility index (Phi) is 3.17. The van der Waals surface area contributed by atoms with Crippen molar-refractivity contribution in [3.8, 4) is 0 Å². The molecular weight excluding hydrogens is 169 g/mol. The smallest absolute Gasteiger partial charge is 0.222 e. The standard InChI is InChI=1S/C9H14FN3/c1-6(2)7(3)13-9-11-4-8(10)5-12-9/h4-7H,1-3H3,(H,11,12,13)/t7-/m1/s1. The van der Waals surface area contributed by atoms with E-state index in [1.54, 1.807) is 0 Å². The summed E-state index contributed by atoms with van der Waals surface area (Å²) in [5, 5.41) is 3.08. The lowest BCUT2D eigenvalue weighted by Gasteiger charge is -2.16. The van der Waals surface area contributed by atoms with Gasteiger partial charge >= 0.3 is 0 Å². The van der Waals surface area contributed by atoms with Crippen molar-refractivity contribution in [2.75, 3.05) is 5.32 Å². The predicted octanol–water partition coefficient (Wildman–Crippen LogP) is 2.07. The third-order valence-corrected chi connectivity index (χ3v) is 1.98. The van der Waals surface area contributed by atoms with Gasteiger partial charge in [0.2, 0.25) is 5.95 Å². The Balaban J connectivity index is 2.59. The van der Waals surface area contributed by atoms with Crippen LogP contribution in [0.1, 0.15) is 20.8 Å². The first-order chi connectivity index (χ1) is 6.09. The average Bonchev–Trinajstić information content (AvgIpc) is 2.08. The highest BCUT2D eigenvalue weighted by Crippen LogP contribution is 2.06. The summed E-state index contributed by atoms with van der Waals surface area (Å²) in [5.41, 5.74) is 0. The lowest BCUT2D eigenvalue weighted by Crippen LogP contribution is -2.22. The minimum absolute atomic E-state index is 0.283. The first-order valence-electron chi connectivity index (χ1n) is 4.33. The normalized spacial score (nSPS) is 13.0. The van der Waals surface area contributed by atoms with Crippen LogP contribution in [0, 0.1) is 11.7 Å². The maximum Gasteiger partial charge on any atom is 0.222 e. The number of nitrogens with one attached hydrogen (secondary N) is 1. The molecule has 1 N–H and O–H groups in total. The fourth-order valence-electron chi connectivity index (χ4n) is 0.757. The van der Waals surface area contributed by atoms with E-state index >= 15 is 0 Å². The van der Waals surface area contributed by atoms with Gasteiger partial charge in [0.05, 0.1) is 12.4 Å². The van der Waals surface area contributed by atoms with E-state index in [4.69, 9.17) is 0 Å². The summed E-state index contributed by atoms with van der Waals surface area (Å²) in [4.78, 5) is 7.61. The van der Waals surface area contributed by atoms with Crippen molar-refractivity contribution in [2.45, 2.75) is 26.8 Å². The Bertz CT molecular complexity index is 258. The molecule has 4 heteroatoms. The summed E-state index contributed by atoms with van der Waals surface area (Å²) >= 11 is 0. The molecule has 0 saturated heterocycles. The molecule has 0 bridgehead atoms. The monoisotopic (exact) mass is 183 g/mol. The van der Waals surface area contributed by atoms with E-state index in [2.05, 4.69) is 29.1 Å². The summed E-state index contributed by atoms with van der Waals surface area (Å²) in [5.74, 6) is 0.555. The van der Waals surface area contributed by atoms with E-state index in [0.717, 1.165) is 12.4 Å². The fourth-order valence-corrected chi connectivity index (χ4v) is 0.757. The summed E-state index contributed by atoms with van der Waals surface area (Å²) in [6.45, 7) is 6.24. The van der Waals surface area contributed by atoms with Gasteiger partial charge in [-0.05, 0) is 12.8 Å². The van der Waals surface area contributed by atoms with Crippen LogP contribution in [0.25, 0.3) is 0 Å². The number of hydrogen-bond acceptors (Lipinski definition) is 3. The van der Waals surface area contributed by atoms with Gasteiger partial charge < -0.3 is 5.32 Å². The zero-order valence-electron chi connectivity index (χ0n) is 8.08. The van der Waals surface area contributed by atoms with Crippen molar-refractivity contribution >= 4 is 5.95 Å². The Labute approximate surface area is 77.4 Å². The SMILES string of the molecule is CC(C)[C@@H](C)Nc1ncc(F)cn1. The highest BCUT2D eigenvalue weighted by atomic mass is 19.1. The molecule has 0 aromatic carbocycles. The molecule has 0 radical (unpaired) electrons. The van der Waals surface area contributed by atoms with Crippen molar-refractivity contribution in [3.63, 3.8) is 0 Å². The Morgan fingerprint density at radius 1 is 1.23 bits per heavy atom. The van der Waals surface area contributed by atoms with Gasteiger partial charge in [0.15, 0.2) is 5.82 Å². The molecule has 0 fully saturated rings. The number of hydrogen-bond donors (Lipinski definition) is 1. The molecule has 1 atom stereocenters. The minimum Gasteiger partial charge on any atom is -0.352 e. The predicted molar refractivity (Wildman–Crippen MR) is 49.9 cm³/mol. The van der Waals surface area contributed by atoms with E-state index < -0.39 is 5.82 Å². The van der Waals surface area contributed by atoms with Gasteiger partial charge in [0.25, 0.3) is 0 Å². The Morgan fingerprint density at radius 3 is 2.23 bits per heavy atom. The second kappa shape index (κ2) is 4.16. The van der Waals surface area contributed by atoms with Crippen LogP contribution in [0.4, 0.5) is 10.3 Å². The van der Waals surface area contributed by atoms with Crippen molar-refractivity contribution < 1.29 is 4.39 Å². The quantitative estimate of drug-likeness (QED) is 0.779. The summed E-state index contributed by atoms with van der Waals surface area (Å²) in [7, 11) is 0. The highest BCUT2D eigenvalue weighted by molar-refractivity contribution is 5.24. The molecular formula is C9H14FN3. The molecule has 0 aliphatic carbocycles. The molecule has 0 aliphatic heterocycles. The third kappa shape index (κ3) is 2.97. The average molecular weight is 183 g/mol. The van der Waals surface area contributed by atoms with E-state index in [-0.39, 0.29) is 6.04 Å². The summed E-state index contributed by atoms with van der Waals surface area (Å²) in [6.07, 6.45) is 2.31. The molecule has 0 amide bonds. The molecule has 13 heavy (non-hydrogen) atoms. The minimum atomic E-state index is -0.414. The second-order valence-corrected chi connectivity index (χ2v) is 3.40. The lowest BCUT2D eigenvalue weighted by molar-refractivity contribution is 0.554. The Morgan fingerprint density at radius 2 is 1.77 bits per heavy atom. The third-order valence-electron chi connectivity index (χ3n) is 1.98. The number of aromatic nitrogens is 2. The molecule has 72 valence electrons. The van der Waals surface area contributed by atoms with Crippen LogP contribution < -0.4 is 5.32 Å². The molecule has 0 spiro atoms. The first kappa shape index (κ1) is 9.89. The van der Waals surface area contributed by atoms with Crippen molar-refractivity contribution in [1.82, 2.24) is 9.97 Å². The second-order valence-electron chi connectivity index (χ2n) is 3.40. The zero-order valence-corrected chi connectivity index (χ0v) is 8.08. The number of rotatable bonds is 3. The summed E-state index contributed by atoms with van der Waals surface area (Å²) in [6, 6.07) is 0.283. The topological polar surface area (TPSA) is 37.8 Å². The first-order valence-corrected chi connectivity index (χ1v) is 4.33. The van der Waals surface area contributed by atoms with Gasteiger partial charge in [-0.2, -0.15) is 0 Å². The van der Waals surface area contributed by atoms with Crippen molar-refractivity contribution in [3.05, 3.63) is 18.2 Å². The molecule has 0 aliphatic rings. The zero-order chi connectivity index (χ0) is 9.84. The largest absolute Gasteiger partial charge is 0.352 e. The fraction of sp³-hybridized carbons (Fsp3) is 0.556. The maximum atomic E-state index is 12.4. The van der Waals surface area contributed by atoms with Gasteiger partial charge in [0.1, 0.15) is 0 Å². The van der Waals surface area contributed by atoms with Gasteiger partial charge in [0, 0.05) is 6.04 Å². The van der Waals surface area contributed by atoms with Gasteiger partial charge in [-0.1, -0.05) is 13.8 Å². The highest BCUT2D eigenvalue weighted by Gasteiger charge is 2.07. The Hall–Kier alpha value is -1.19.